The molecule has 0 bridgehead atoms. The van der Waals surface area contributed by atoms with Crippen molar-refractivity contribution in [2.75, 3.05) is 5.53 Å². The summed E-state index contributed by atoms with van der Waals surface area (Å²) in [5.74, 6) is 5.19. The number of nitrogens with zero attached hydrogens (tertiary/aromatic N) is 4. The van der Waals surface area contributed by atoms with Crippen molar-refractivity contribution in [1.29, 1.82) is 0 Å². The molecule has 0 radical (unpaired) electrons. The fourth-order valence-electron chi connectivity index (χ4n) is 0.878. The third-order valence-electron chi connectivity index (χ3n) is 1.40. The van der Waals surface area contributed by atoms with Gasteiger partial charge in [-0.3, -0.25) is 5.53 Å². The minimum absolute atomic E-state index is 0.762. The van der Waals surface area contributed by atoms with Crippen LogP contribution in [0.15, 0.2) is 18.7 Å². The van der Waals surface area contributed by atoms with Crippen molar-refractivity contribution in [2.24, 2.45) is 5.84 Å². The summed E-state index contributed by atoms with van der Waals surface area (Å²) in [7, 11) is 0. The molecule has 2 rings (SSSR count). The molecule has 56 valence electrons. The maximum Gasteiger partial charge on any atom is 0.117 e. The van der Waals surface area contributed by atoms with E-state index in [1.807, 2.05) is 0 Å². The van der Waals surface area contributed by atoms with E-state index in [0.29, 0.717) is 0 Å². The van der Waals surface area contributed by atoms with Crippen LogP contribution in [0.4, 0.5) is 0 Å². The van der Waals surface area contributed by atoms with Crippen LogP contribution < -0.4 is 11.4 Å². The lowest BCUT2D eigenvalue weighted by atomic mass is 10.5. The fourth-order valence-corrected chi connectivity index (χ4v) is 0.878. The Morgan fingerprint density at radius 2 is 2.18 bits per heavy atom. The molecule has 0 fully saturated rings. The van der Waals surface area contributed by atoms with Gasteiger partial charge in [-0.25, -0.2) is 15.5 Å². The molecule has 0 aromatic carbocycles. The van der Waals surface area contributed by atoms with Crippen molar-refractivity contribution in [2.45, 2.75) is 0 Å². The van der Waals surface area contributed by atoms with E-state index < -0.39 is 0 Å². The zero-order chi connectivity index (χ0) is 7.68. The van der Waals surface area contributed by atoms with Gasteiger partial charge in [-0.1, -0.05) is 0 Å². The highest BCUT2D eigenvalue weighted by Gasteiger charge is 1.98. The van der Waals surface area contributed by atoms with E-state index >= 15 is 0 Å². The number of imidazole rings is 1. The van der Waals surface area contributed by atoms with Crippen LogP contribution in [0.3, 0.4) is 0 Å². The molecule has 6 heteroatoms. The Labute approximate surface area is 62.0 Å². The molecule has 0 atom stereocenters. The van der Waals surface area contributed by atoms with Gasteiger partial charge in [0.2, 0.25) is 0 Å². The Hall–Kier alpha value is -1.69. The average molecular weight is 150 g/mol. The predicted molar refractivity (Wildman–Crippen MR) is 38.9 cm³/mol. The largest absolute Gasteiger partial charge is 0.260 e. The molecule has 2 aromatic rings. The number of nitrogens with one attached hydrogen (secondary N) is 1. The lowest BCUT2D eigenvalue weighted by molar-refractivity contribution is 0.901. The van der Waals surface area contributed by atoms with E-state index in [2.05, 4.69) is 20.7 Å². The standard InChI is InChI=1S/C5H6N6/c6-10-11-3-7-4-1-8-9-2-5(4)11/h1-3,10H,6H2. The smallest absolute Gasteiger partial charge is 0.117 e. The Kier molecular flexibility index (Phi) is 1.19. The Morgan fingerprint density at radius 3 is 3.00 bits per heavy atom. The first-order chi connectivity index (χ1) is 5.42. The van der Waals surface area contributed by atoms with Gasteiger partial charge in [0.25, 0.3) is 0 Å². The molecule has 0 spiro atoms. The molecular weight excluding hydrogens is 144 g/mol. The molecule has 0 aliphatic rings. The third kappa shape index (κ3) is 0.802. The van der Waals surface area contributed by atoms with Crippen molar-refractivity contribution in [3.05, 3.63) is 18.7 Å². The highest BCUT2D eigenvalue weighted by molar-refractivity contribution is 5.72. The molecular formula is C5H6N6. The fraction of sp³-hybridized carbons (Fsp3) is 0. The summed E-state index contributed by atoms with van der Waals surface area (Å²) in [4.78, 5) is 4.01. The van der Waals surface area contributed by atoms with E-state index in [-0.39, 0.29) is 0 Å². The molecule has 0 aliphatic carbocycles. The minimum atomic E-state index is 0.762. The Bertz CT molecular complexity index is 366. The van der Waals surface area contributed by atoms with Crippen LogP contribution in [-0.2, 0) is 0 Å². The van der Waals surface area contributed by atoms with Crippen molar-refractivity contribution in [1.82, 2.24) is 19.9 Å². The van der Waals surface area contributed by atoms with Crippen LogP contribution in [0.5, 0.6) is 0 Å². The van der Waals surface area contributed by atoms with Crippen LogP contribution in [0.1, 0.15) is 0 Å². The third-order valence-corrected chi connectivity index (χ3v) is 1.40. The Morgan fingerprint density at radius 1 is 1.36 bits per heavy atom. The van der Waals surface area contributed by atoms with Gasteiger partial charge in [0.05, 0.1) is 12.4 Å². The van der Waals surface area contributed by atoms with Gasteiger partial charge in [0, 0.05) is 0 Å². The van der Waals surface area contributed by atoms with Gasteiger partial charge in [0.15, 0.2) is 0 Å². The number of hydrogen-bond donors (Lipinski definition) is 2. The zero-order valence-corrected chi connectivity index (χ0v) is 5.60. The predicted octanol–water partition coefficient (Wildman–Crippen LogP) is -0.756. The molecule has 11 heavy (non-hydrogen) atoms. The molecule has 6 nitrogen and oxygen atoms in total. The maximum atomic E-state index is 5.19. The first-order valence-electron chi connectivity index (χ1n) is 3.02. The number of hydrazine groups is 1. The van der Waals surface area contributed by atoms with Gasteiger partial charge >= 0.3 is 0 Å². The Balaban J connectivity index is 2.76. The summed E-state index contributed by atoms with van der Waals surface area (Å²) in [6, 6.07) is 0. The van der Waals surface area contributed by atoms with Crippen LogP contribution in [0.25, 0.3) is 11.0 Å². The van der Waals surface area contributed by atoms with Crippen molar-refractivity contribution in [3.8, 4) is 0 Å². The highest BCUT2D eigenvalue weighted by atomic mass is 15.6. The first-order valence-corrected chi connectivity index (χ1v) is 3.02. The average Bonchev–Trinajstić information content (AvgIpc) is 2.47. The number of nitrogens with two attached hydrogens (primary N) is 1. The molecule has 2 heterocycles. The number of aromatic nitrogens is 4. The van der Waals surface area contributed by atoms with Crippen molar-refractivity contribution in [3.63, 3.8) is 0 Å². The van der Waals surface area contributed by atoms with Crippen LogP contribution in [0.2, 0.25) is 0 Å². The van der Waals surface area contributed by atoms with Crippen LogP contribution in [0, 0.1) is 0 Å². The SMILES string of the molecule is NNn1cnc2cnncc21. The zero-order valence-electron chi connectivity index (χ0n) is 5.60. The first kappa shape index (κ1) is 6.05. The van der Waals surface area contributed by atoms with Crippen LogP contribution >= 0.6 is 0 Å². The summed E-state index contributed by atoms with van der Waals surface area (Å²) in [6.07, 6.45) is 4.72. The lowest BCUT2D eigenvalue weighted by Crippen LogP contribution is -2.20. The van der Waals surface area contributed by atoms with E-state index in [0.717, 1.165) is 11.0 Å². The second-order valence-electron chi connectivity index (χ2n) is 2.00. The summed E-state index contributed by atoms with van der Waals surface area (Å²) in [5, 5.41) is 7.35. The molecule has 0 saturated carbocycles. The second kappa shape index (κ2) is 2.17. The van der Waals surface area contributed by atoms with Gasteiger partial charge < -0.3 is 0 Å². The summed E-state index contributed by atoms with van der Waals surface area (Å²) < 4.78 is 1.56. The summed E-state index contributed by atoms with van der Waals surface area (Å²) in [5.41, 5.74) is 4.01. The second-order valence-corrected chi connectivity index (χ2v) is 2.00. The number of nitrogen functional groups attached to an aromatic ring is 1. The van der Waals surface area contributed by atoms with Crippen molar-refractivity contribution >= 4 is 11.0 Å². The summed E-state index contributed by atoms with van der Waals surface area (Å²) in [6.45, 7) is 0. The molecule has 3 N–H and O–H groups in total. The monoisotopic (exact) mass is 150 g/mol. The molecule has 0 amide bonds. The highest BCUT2D eigenvalue weighted by Crippen LogP contribution is 2.05. The maximum absolute atomic E-state index is 5.19. The number of rotatable bonds is 1. The van der Waals surface area contributed by atoms with Gasteiger partial charge in [-0.05, 0) is 0 Å². The number of hydrogen-bond acceptors (Lipinski definition) is 5. The van der Waals surface area contributed by atoms with E-state index in [1.54, 1.807) is 23.4 Å². The normalized spacial score (nSPS) is 10.3. The van der Waals surface area contributed by atoms with Crippen LogP contribution in [-0.4, -0.2) is 19.9 Å². The van der Waals surface area contributed by atoms with Gasteiger partial charge in [-0.15, -0.1) is 0 Å². The minimum Gasteiger partial charge on any atom is -0.260 e. The number of fused-ring (bicyclic) bond motifs is 1. The van der Waals surface area contributed by atoms with Gasteiger partial charge in [-0.2, -0.15) is 10.2 Å². The lowest BCUT2D eigenvalue weighted by Gasteiger charge is -1.98. The molecule has 0 unspecified atom stereocenters. The summed E-state index contributed by atoms with van der Waals surface area (Å²) >= 11 is 0. The molecule has 0 saturated heterocycles. The quantitative estimate of drug-likeness (QED) is 0.412. The molecule has 2 aromatic heterocycles. The topological polar surface area (TPSA) is 81.6 Å². The van der Waals surface area contributed by atoms with E-state index in [1.165, 1.54) is 0 Å². The van der Waals surface area contributed by atoms with Gasteiger partial charge in [0.1, 0.15) is 17.4 Å². The van der Waals surface area contributed by atoms with E-state index in [9.17, 15) is 0 Å². The van der Waals surface area contributed by atoms with Crippen molar-refractivity contribution < 1.29 is 0 Å². The molecule has 0 aliphatic heterocycles. The van der Waals surface area contributed by atoms with E-state index in [4.69, 9.17) is 5.84 Å².